The van der Waals surface area contributed by atoms with Gasteiger partial charge in [0.1, 0.15) is 45.8 Å². The summed E-state index contributed by atoms with van der Waals surface area (Å²) in [6.45, 7) is 17.5. The van der Waals surface area contributed by atoms with E-state index in [0.717, 1.165) is 134 Å². The number of pyridine rings is 3. The van der Waals surface area contributed by atoms with Crippen LogP contribution in [0.15, 0.2) is 204 Å². The van der Waals surface area contributed by atoms with E-state index in [2.05, 4.69) is 116 Å². The molecular weight excluding hydrogens is 1700 g/mol. The van der Waals surface area contributed by atoms with E-state index in [4.69, 9.17) is 42.1 Å². The Kier molecular flexibility index (Phi) is 25.8. The highest BCUT2D eigenvalue weighted by Gasteiger charge is 2.38. The fraction of sp³-hybridized carbons (Fsp3) is 0.333. The van der Waals surface area contributed by atoms with E-state index >= 15 is 0 Å². The molecule has 660 valence electrons. The van der Waals surface area contributed by atoms with Crippen LogP contribution in [0.3, 0.4) is 0 Å². The van der Waals surface area contributed by atoms with E-state index in [1.165, 1.54) is 71.1 Å². The molecule has 3 amide bonds. The third kappa shape index (κ3) is 20.8. The number of aromatic amines is 2. The van der Waals surface area contributed by atoms with Crippen molar-refractivity contribution >= 4 is 117 Å². The number of nitro groups is 2. The predicted octanol–water partition coefficient (Wildman–Crippen LogP) is 16.7. The van der Waals surface area contributed by atoms with Crippen LogP contribution in [-0.2, 0) is 44.0 Å². The first-order chi connectivity index (χ1) is 60.9. The molecule has 11 aromatic rings. The number of carbonyl (C=O) groups is 3. The lowest BCUT2D eigenvalue weighted by Crippen LogP contribution is -2.47. The molecule has 127 heavy (non-hydrogen) atoms. The van der Waals surface area contributed by atoms with Crippen LogP contribution >= 0.6 is 23.2 Å². The number of benzene rings is 6. The van der Waals surface area contributed by atoms with Crippen molar-refractivity contribution < 1.29 is 64.8 Å². The van der Waals surface area contributed by atoms with Crippen LogP contribution < -0.4 is 43.5 Å². The minimum Gasteiger partial charge on any atom is -0.493 e. The number of aromatic nitrogens is 5. The van der Waals surface area contributed by atoms with Crippen molar-refractivity contribution in [3.63, 3.8) is 0 Å². The highest BCUT2D eigenvalue weighted by atomic mass is 35.5. The number of nitrogens with one attached hydrogen (secondary N) is 5. The number of piperazine rings is 2. The first kappa shape index (κ1) is 88.0. The first-order valence-electron chi connectivity index (χ1n) is 42.0. The van der Waals surface area contributed by atoms with Gasteiger partial charge >= 0.3 is 6.09 Å². The lowest BCUT2D eigenvalue weighted by molar-refractivity contribution is -0.386. The Hall–Kier alpha value is -12.5. The molecule has 0 spiro atoms. The smallest absolute Gasteiger partial charge is 0.406 e. The molecule has 0 bridgehead atoms. The molecule has 2 fully saturated rings. The highest BCUT2D eigenvalue weighted by Crippen LogP contribution is 2.47. The number of rotatable bonds is 24. The number of ether oxygens (including phenoxy) is 5. The number of hydrogen-bond donors (Lipinski definition) is 5. The second-order valence-corrected chi connectivity index (χ2v) is 38.7. The van der Waals surface area contributed by atoms with Crippen LogP contribution in [0.4, 0.5) is 27.5 Å². The third-order valence-electron chi connectivity index (χ3n) is 24.4. The fourth-order valence-electron chi connectivity index (χ4n) is 17.4. The number of amides is 3. The molecule has 6 aliphatic rings. The molecule has 34 heteroatoms. The Labute approximate surface area is 744 Å². The summed E-state index contributed by atoms with van der Waals surface area (Å²) in [6.07, 6.45) is 14.8. The average Bonchev–Trinajstić information content (AvgIpc) is 1.75. The molecule has 9 heterocycles. The predicted molar refractivity (Wildman–Crippen MR) is 484 cm³/mol. The molecule has 4 aliphatic heterocycles. The van der Waals surface area contributed by atoms with Crippen LogP contribution in [0.5, 0.6) is 34.5 Å². The Balaban J connectivity index is 0.000000187. The first-order valence-corrected chi connectivity index (χ1v) is 45.8. The Morgan fingerprint density at radius 1 is 0.559 bits per heavy atom. The zero-order valence-electron chi connectivity index (χ0n) is 70.7. The molecule has 0 radical (unpaired) electrons. The lowest BCUT2D eigenvalue weighted by atomic mass is 9.72. The van der Waals surface area contributed by atoms with E-state index in [1.54, 1.807) is 55.0 Å². The SMILES string of the molecule is CC1(C)CCC(CN2CCN(c3ccc(C(=O)NS(=O)(=O)c4cc5c(c([N+](=O)[O-])c4)C[C@@H](Cc4ccccn4)CO5)c(Oc4cnc5[nH]ccc5c4)c3)CC2)=C(c2ccc(Cl)cc2)C1.COC(=O)NC[C@@H]1COc2cc(S(=O)(=O)NC(=O)c3ccc(N4CCN(CC5=C(c6ccc(Cl)cc6)CC(C)(C)CC5)CC4)cc3Oc3cnc4[nH]ccc4c3)cc([N+](=O)[O-])c2C1. The van der Waals surface area contributed by atoms with Crippen molar-refractivity contribution in [1.82, 2.24) is 49.5 Å². The highest BCUT2D eigenvalue weighted by molar-refractivity contribution is 7.90. The number of H-pyrrole nitrogens is 2. The van der Waals surface area contributed by atoms with Gasteiger partial charge in [-0.1, -0.05) is 92.4 Å². The summed E-state index contributed by atoms with van der Waals surface area (Å²) >= 11 is 12.5. The minimum atomic E-state index is -4.68. The number of sulfonamides is 2. The van der Waals surface area contributed by atoms with E-state index in [0.29, 0.717) is 67.4 Å². The number of carbonyl (C=O) groups excluding carboxylic acids is 3. The van der Waals surface area contributed by atoms with Gasteiger partial charge in [0.05, 0.1) is 74.6 Å². The molecule has 2 saturated heterocycles. The van der Waals surface area contributed by atoms with Crippen molar-refractivity contribution in [2.45, 2.75) is 95.3 Å². The van der Waals surface area contributed by atoms with Gasteiger partial charge < -0.3 is 48.8 Å². The van der Waals surface area contributed by atoms with Gasteiger partial charge in [0.15, 0.2) is 0 Å². The van der Waals surface area contributed by atoms with Gasteiger partial charge in [0.2, 0.25) is 0 Å². The minimum absolute atomic E-state index is 0.00567. The second-order valence-electron chi connectivity index (χ2n) is 34.5. The van der Waals surface area contributed by atoms with E-state index in [-0.39, 0.29) is 88.5 Å². The van der Waals surface area contributed by atoms with Crippen molar-refractivity contribution in [2.24, 2.45) is 22.7 Å². The second kappa shape index (κ2) is 37.2. The molecule has 5 N–H and O–H groups in total. The number of nitrogens with zero attached hydrogens (tertiary/aromatic N) is 9. The molecule has 0 unspecified atom stereocenters. The monoisotopic (exact) mass is 1800 g/mol. The third-order valence-corrected chi connectivity index (χ3v) is 27.5. The Morgan fingerprint density at radius 3 is 1.44 bits per heavy atom. The zero-order chi connectivity index (χ0) is 89.1. The van der Waals surface area contributed by atoms with Crippen LogP contribution in [0.2, 0.25) is 10.0 Å². The number of nitro benzene ring substituents is 2. The van der Waals surface area contributed by atoms with Gasteiger partial charge in [0.25, 0.3) is 43.2 Å². The van der Waals surface area contributed by atoms with Gasteiger partial charge in [-0.25, -0.2) is 41.0 Å². The van der Waals surface area contributed by atoms with Crippen molar-refractivity contribution in [1.29, 1.82) is 0 Å². The summed E-state index contributed by atoms with van der Waals surface area (Å²) in [5, 5.41) is 30.1. The van der Waals surface area contributed by atoms with Crippen molar-refractivity contribution in [3.8, 4) is 34.5 Å². The summed E-state index contributed by atoms with van der Waals surface area (Å²) in [5.74, 6) is -1.47. The van der Waals surface area contributed by atoms with Gasteiger partial charge in [-0.05, 0) is 176 Å². The number of anilines is 2. The van der Waals surface area contributed by atoms with Crippen LogP contribution in [-0.4, -0.2) is 172 Å². The van der Waals surface area contributed by atoms with Gasteiger partial charge in [-0.2, -0.15) is 0 Å². The number of hydrogen-bond acceptors (Lipinski definition) is 23. The maximum Gasteiger partial charge on any atom is 0.406 e. The molecule has 5 aromatic heterocycles. The topological polar surface area (TPSA) is 371 Å². The Bertz CT molecular complexity index is 6350. The van der Waals surface area contributed by atoms with E-state index < -0.39 is 69.0 Å². The van der Waals surface area contributed by atoms with Crippen molar-refractivity contribution in [3.05, 3.63) is 263 Å². The maximum atomic E-state index is 14.1. The lowest BCUT2D eigenvalue weighted by Gasteiger charge is -2.39. The quantitative estimate of drug-likeness (QED) is 0.0277. The molecule has 2 atom stereocenters. The normalized spacial score (nSPS) is 17.7. The summed E-state index contributed by atoms with van der Waals surface area (Å²) in [7, 11) is -8.10. The number of allylic oxidation sites excluding steroid dienone is 2. The van der Waals surface area contributed by atoms with E-state index in [9.17, 15) is 51.4 Å². The summed E-state index contributed by atoms with van der Waals surface area (Å²) in [5.41, 5.74) is 11.7. The molecule has 30 nitrogen and oxygen atoms in total. The number of fused-ring (bicyclic) bond motifs is 4. The van der Waals surface area contributed by atoms with Gasteiger partial charge in [0, 0.05) is 177 Å². The fourth-order valence-corrected chi connectivity index (χ4v) is 19.7. The van der Waals surface area contributed by atoms with Crippen LogP contribution in [0, 0.1) is 42.9 Å². The standard InChI is InChI=1S/C48H48ClN7O7S.C45H48ClN7O9S/c1-48(2)14-12-34(42(27-48)32-6-8-35(49)9-7-32)29-54-17-19-55(20-18-54)37-10-11-40(45(24-37)63-38-23-33-13-16-51-46(33)52-28-38)47(57)53-64(60,61)39-25-43(56(58)59)41-22-31(30-62-44(41)26-39)21-36-5-3-4-15-50-36;1-45(2)12-10-31(38(23-45)29-4-6-32(46)7-5-29)26-51-14-16-52(17-15-51)33-8-9-36(41(20-33)62-34-19-30-11-13-47-42(30)48-25-34)43(54)50-63(58,59)35-21-39(53(56)57)37-18-28(24-49-44(55)60-3)27-61-40(37)22-35/h3-11,13,15-16,23-26,28,31H,12,14,17-22,27,29-30H2,1-2H3,(H,51,52)(H,53,57);4-9,11,13,19-22,25,28H,10,12,14-18,23-24,26-27H2,1-3H3,(H,47,48)(H,49,55)(H,50,54)/t31-;28-/m11/s1. The van der Waals surface area contributed by atoms with Crippen LogP contribution in [0.25, 0.3) is 33.2 Å². The number of alkyl carbamates (subject to hydrolysis) is 1. The van der Waals surface area contributed by atoms with Crippen LogP contribution in [0.1, 0.15) is 115 Å². The zero-order valence-corrected chi connectivity index (χ0v) is 73.8. The van der Waals surface area contributed by atoms with E-state index in [1.807, 2.05) is 54.6 Å². The van der Waals surface area contributed by atoms with Gasteiger partial charge in [-0.3, -0.25) is 44.6 Å². The summed E-state index contributed by atoms with van der Waals surface area (Å²) in [6, 6.07) is 43.4. The molecule has 17 rings (SSSR count). The summed E-state index contributed by atoms with van der Waals surface area (Å²) < 4.78 is 88.6. The van der Waals surface area contributed by atoms with Crippen molar-refractivity contribution in [2.75, 3.05) is 102 Å². The van der Waals surface area contributed by atoms with Gasteiger partial charge in [-0.15, -0.1) is 0 Å². The number of halogens is 2. The Morgan fingerprint density at radius 2 is 1.01 bits per heavy atom. The molecule has 6 aromatic carbocycles. The summed E-state index contributed by atoms with van der Waals surface area (Å²) in [4.78, 5) is 90.5. The largest absolute Gasteiger partial charge is 0.493 e. The maximum absolute atomic E-state index is 14.1. The molecule has 2 aliphatic carbocycles. The average molecular weight is 1800 g/mol. The number of methoxy groups -OCH3 is 1. The molecule has 0 saturated carbocycles. The molecular formula is C93H96Cl2N14O16S2.